The average molecular weight is 268 g/mol. The Labute approximate surface area is 116 Å². The van der Waals surface area contributed by atoms with Crippen LogP contribution in [0, 0.1) is 5.92 Å². The summed E-state index contributed by atoms with van der Waals surface area (Å²) in [4.78, 5) is 2.68. The molecular weight excluding hydrogens is 240 g/mol. The number of nitrogens with one attached hydrogen (secondary N) is 1. The van der Waals surface area contributed by atoms with Gasteiger partial charge in [-0.2, -0.15) is 0 Å². The zero-order valence-corrected chi connectivity index (χ0v) is 12.3. The molecule has 1 saturated heterocycles. The van der Waals surface area contributed by atoms with Crippen molar-refractivity contribution < 1.29 is 9.47 Å². The monoisotopic (exact) mass is 268 g/mol. The van der Waals surface area contributed by atoms with Crippen molar-refractivity contribution in [3.8, 4) is 0 Å². The SMILES string of the molecule is CCOC1CC(NCC2CCN(C3CC3)C2)C1OC. The van der Waals surface area contributed by atoms with Crippen molar-refractivity contribution in [1.82, 2.24) is 10.2 Å². The zero-order chi connectivity index (χ0) is 13.2. The van der Waals surface area contributed by atoms with Crippen molar-refractivity contribution in [2.75, 3.05) is 33.4 Å². The lowest BCUT2D eigenvalue weighted by atomic mass is 9.85. The second-order valence-electron chi connectivity index (χ2n) is 6.33. The first-order valence-electron chi connectivity index (χ1n) is 7.93. The van der Waals surface area contributed by atoms with Crippen LogP contribution in [0.4, 0.5) is 0 Å². The number of methoxy groups -OCH3 is 1. The highest BCUT2D eigenvalue weighted by Crippen LogP contribution is 2.32. The van der Waals surface area contributed by atoms with Crippen LogP contribution in [0.15, 0.2) is 0 Å². The molecule has 110 valence electrons. The molecule has 0 bridgehead atoms. The summed E-state index contributed by atoms with van der Waals surface area (Å²) in [7, 11) is 1.80. The Hall–Kier alpha value is -0.160. The largest absolute Gasteiger partial charge is 0.377 e. The molecule has 3 aliphatic rings. The number of hydrogen-bond acceptors (Lipinski definition) is 4. The summed E-state index contributed by atoms with van der Waals surface area (Å²) in [6, 6.07) is 1.43. The van der Waals surface area contributed by atoms with Crippen LogP contribution >= 0.6 is 0 Å². The van der Waals surface area contributed by atoms with Crippen molar-refractivity contribution in [1.29, 1.82) is 0 Å². The van der Waals surface area contributed by atoms with E-state index in [4.69, 9.17) is 9.47 Å². The second kappa shape index (κ2) is 6.08. The maximum atomic E-state index is 5.67. The van der Waals surface area contributed by atoms with E-state index < -0.39 is 0 Å². The number of likely N-dealkylation sites (tertiary alicyclic amines) is 1. The Bertz CT molecular complexity index is 296. The summed E-state index contributed by atoms with van der Waals surface area (Å²) in [6.45, 7) is 6.61. The van der Waals surface area contributed by atoms with Crippen LogP contribution in [-0.2, 0) is 9.47 Å². The summed E-state index contributed by atoms with van der Waals surface area (Å²) < 4.78 is 11.2. The molecule has 0 aromatic carbocycles. The minimum Gasteiger partial charge on any atom is -0.377 e. The zero-order valence-electron chi connectivity index (χ0n) is 12.3. The van der Waals surface area contributed by atoms with Gasteiger partial charge in [0.05, 0.1) is 12.2 Å². The Morgan fingerprint density at radius 3 is 2.79 bits per heavy atom. The maximum absolute atomic E-state index is 5.67. The van der Waals surface area contributed by atoms with Crippen molar-refractivity contribution in [2.45, 2.75) is 56.9 Å². The van der Waals surface area contributed by atoms with E-state index in [0.29, 0.717) is 12.1 Å². The number of nitrogens with zero attached hydrogens (tertiary/aromatic N) is 1. The van der Waals surface area contributed by atoms with Gasteiger partial charge in [0.1, 0.15) is 0 Å². The third-order valence-electron chi connectivity index (χ3n) is 4.95. The molecule has 0 aromatic heterocycles. The fourth-order valence-corrected chi connectivity index (χ4v) is 3.59. The number of ether oxygens (including phenoxy) is 2. The molecule has 4 nitrogen and oxygen atoms in total. The molecule has 2 saturated carbocycles. The topological polar surface area (TPSA) is 33.7 Å². The molecule has 1 heterocycles. The van der Waals surface area contributed by atoms with Gasteiger partial charge < -0.3 is 19.7 Å². The van der Waals surface area contributed by atoms with Crippen LogP contribution in [0.2, 0.25) is 0 Å². The van der Waals surface area contributed by atoms with Crippen LogP contribution in [0.1, 0.15) is 32.6 Å². The predicted molar refractivity (Wildman–Crippen MR) is 75.3 cm³/mol. The van der Waals surface area contributed by atoms with Gasteiger partial charge >= 0.3 is 0 Å². The van der Waals surface area contributed by atoms with Gasteiger partial charge in [0, 0.05) is 32.3 Å². The van der Waals surface area contributed by atoms with Crippen molar-refractivity contribution >= 4 is 0 Å². The molecule has 4 unspecified atom stereocenters. The lowest BCUT2D eigenvalue weighted by Crippen LogP contribution is -2.60. The van der Waals surface area contributed by atoms with Gasteiger partial charge in [-0.25, -0.2) is 0 Å². The molecule has 19 heavy (non-hydrogen) atoms. The highest BCUT2D eigenvalue weighted by Gasteiger charge is 2.42. The van der Waals surface area contributed by atoms with E-state index in [2.05, 4.69) is 17.1 Å². The fraction of sp³-hybridized carbons (Fsp3) is 1.00. The quantitative estimate of drug-likeness (QED) is 0.753. The van der Waals surface area contributed by atoms with Gasteiger partial charge in [-0.05, 0) is 51.6 Å². The molecule has 0 radical (unpaired) electrons. The molecule has 4 atom stereocenters. The molecule has 1 N–H and O–H groups in total. The number of hydrogen-bond donors (Lipinski definition) is 1. The number of rotatable bonds is 7. The molecule has 4 heteroatoms. The van der Waals surface area contributed by atoms with Crippen molar-refractivity contribution in [2.24, 2.45) is 5.92 Å². The molecule has 2 aliphatic carbocycles. The Balaban J connectivity index is 1.36. The summed E-state index contributed by atoms with van der Waals surface area (Å²) in [6.07, 6.45) is 5.89. The van der Waals surface area contributed by atoms with Gasteiger partial charge in [0.2, 0.25) is 0 Å². The molecule has 0 amide bonds. The van der Waals surface area contributed by atoms with E-state index in [0.717, 1.165) is 31.5 Å². The first kappa shape index (κ1) is 13.8. The van der Waals surface area contributed by atoms with E-state index in [9.17, 15) is 0 Å². The second-order valence-corrected chi connectivity index (χ2v) is 6.33. The molecule has 3 fully saturated rings. The Kier molecular flexibility index (Phi) is 4.42. The normalized spacial score (nSPS) is 39.5. The maximum Gasteiger partial charge on any atom is 0.0986 e. The van der Waals surface area contributed by atoms with Crippen LogP contribution in [-0.4, -0.2) is 62.5 Å². The summed E-state index contributed by atoms with van der Waals surface area (Å²) in [5.41, 5.74) is 0. The van der Waals surface area contributed by atoms with E-state index in [1.165, 1.54) is 32.4 Å². The third kappa shape index (κ3) is 3.13. The minimum absolute atomic E-state index is 0.251. The van der Waals surface area contributed by atoms with E-state index in [1.807, 2.05) is 0 Å². The van der Waals surface area contributed by atoms with Crippen LogP contribution in [0.3, 0.4) is 0 Å². The van der Waals surface area contributed by atoms with Gasteiger partial charge in [-0.3, -0.25) is 0 Å². The molecule has 0 aromatic rings. The van der Waals surface area contributed by atoms with Crippen LogP contribution in [0.5, 0.6) is 0 Å². The van der Waals surface area contributed by atoms with Crippen molar-refractivity contribution in [3.63, 3.8) is 0 Å². The average Bonchev–Trinajstić information content (AvgIpc) is 3.13. The lowest BCUT2D eigenvalue weighted by molar-refractivity contribution is -0.131. The van der Waals surface area contributed by atoms with Crippen LogP contribution in [0.25, 0.3) is 0 Å². The highest BCUT2D eigenvalue weighted by molar-refractivity contribution is 4.98. The van der Waals surface area contributed by atoms with Gasteiger partial charge in [-0.15, -0.1) is 0 Å². The lowest BCUT2D eigenvalue weighted by Gasteiger charge is -2.43. The first-order chi connectivity index (χ1) is 9.31. The highest BCUT2D eigenvalue weighted by atomic mass is 16.5. The molecule has 3 rings (SSSR count). The third-order valence-corrected chi connectivity index (χ3v) is 4.95. The summed E-state index contributed by atoms with van der Waals surface area (Å²) in [5.74, 6) is 0.837. The van der Waals surface area contributed by atoms with Gasteiger partial charge in [-0.1, -0.05) is 0 Å². The molecular formula is C15H28N2O2. The van der Waals surface area contributed by atoms with E-state index in [-0.39, 0.29) is 6.10 Å². The minimum atomic E-state index is 0.251. The predicted octanol–water partition coefficient (Wildman–Crippen LogP) is 1.25. The smallest absolute Gasteiger partial charge is 0.0986 e. The van der Waals surface area contributed by atoms with Crippen LogP contribution < -0.4 is 5.32 Å². The Morgan fingerprint density at radius 1 is 1.26 bits per heavy atom. The standard InChI is InChI=1S/C15H28N2O2/c1-3-19-14-8-13(15(14)18-2)16-9-11-6-7-17(10-11)12-4-5-12/h11-16H,3-10H2,1-2H3. The summed E-state index contributed by atoms with van der Waals surface area (Å²) >= 11 is 0. The van der Waals surface area contributed by atoms with E-state index in [1.54, 1.807) is 7.11 Å². The first-order valence-corrected chi connectivity index (χ1v) is 7.93. The van der Waals surface area contributed by atoms with E-state index >= 15 is 0 Å². The Morgan fingerprint density at radius 2 is 2.11 bits per heavy atom. The molecule has 0 spiro atoms. The fourth-order valence-electron chi connectivity index (χ4n) is 3.59. The van der Waals surface area contributed by atoms with Gasteiger partial charge in [0.15, 0.2) is 0 Å². The van der Waals surface area contributed by atoms with Crippen molar-refractivity contribution in [3.05, 3.63) is 0 Å². The summed E-state index contributed by atoms with van der Waals surface area (Å²) in [5, 5.41) is 3.70. The van der Waals surface area contributed by atoms with Gasteiger partial charge in [0.25, 0.3) is 0 Å². The molecule has 1 aliphatic heterocycles.